The van der Waals surface area contributed by atoms with Crippen molar-refractivity contribution >= 4 is 11.8 Å². The Morgan fingerprint density at radius 1 is 1.15 bits per heavy atom. The Kier molecular flexibility index (Phi) is 4.55. The second kappa shape index (κ2) is 6.56. The molecular weight excluding hydrogens is 256 g/mol. The van der Waals surface area contributed by atoms with Crippen LogP contribution in [0, 0.1) is 0 Å². The van der Waals surface area contributed by atoms with E-state index >= 15 is 0 Å². The molecule has 104 valence electrons. The fourth-order valence-corrected chi connectivity index (χ4v) is 1.87. The smallest absolute Gasteiger partial charge is 0.287 e. The van der Waals surface area contributed by atoms with Crippen molar-refractivity contribution in [2.75, 3.05) is 7.05 Å². The number of likely N-dealkylation sites (N-methyl/N-ethyl adjacent to an activating group) is 1. The quantitative estimate of drug-likeness (QED) is 0.863. The zero-order chi connectivity index (χ0) is 14.4. The zero-order valence-electron chi connectivity index (χ0n) is 11.1. The van der Waals surface area contributed by atoms with Crippen molar-refractivity contribution in [2.24, 2.45) is 0 Å². The molecular formula is C15H16N2O3. The monoisotopic (exact) mass is 272 g/mol. The van der Waals surface area contributed by atoms with Gasteiger partial charge in [0.05, 0.1) is 6.26 Å². The molecule has 0 saturated heterocycles. The fraction of sp³-hybridized carbons (Fsp3) is 0.200. The Balaban J connectivity index is 2.08. The lowest BCUT2D eigenvalue weighted by molar-refractivity contribution is -0.122. The van der Waals surface area contributed by atoms with Crippen LogP contribution in [0.5, 0.6) is 0 Å². The van der Waals surface area contributed by atoms with Gasteiger partial charge in [-0.1, -0.05) is 30.3 Å². The zero-order valence-corrected chi connectivity index (χ0v) is 11.1. The van der Waals surface area contributed by atoms with E-state index in [0.29, 0.717) is 6.42 Å². The summed E-state index contributed by atoms with van der Waals surface area (Å²) in [5.41, 5.74) is 0.973. The Hall–Kier alpha value is -2.56. The first kappa shape index (κ1) is 13.9. The third kappa shape index (κ3) is 3.47. The van der Waals surface area contributed by atoms with Gasteiger partial charge < -0.3 is 15.1 Å². The maximum Gasteiger partial charge on any atom is 0.287 e. The molecule has 2 rings (SSSR count). The normalized spacial score (nSPS) is 11.7. The molecule has 1 heterocycles. The molecule has 1 aromatic heterocycles. The van der Waals surface area contributed by atoms with E-state index in [1.807, 2.05) is 30.3 Å². The van der Waals surface area contributed by atoms with E-state index in [0.717, 1.165) is 5.56 Å². The minimum atomic E-state index is -0.639. The fourth-order valence-electron chi connectivity index (χ4n) is 1.87. The molecule has 1 aromatic carbocycles. The molecule has 0 spiro atoms. The van der Waals surface area contributed by atoms with Crippen molar-refractivity contribution in [1.29, 1.82) is 0 Å². The van der Waals surface area contributed by atoms with Crippen molar-refractivity contribution in [3.05, 3.63) is 60.1 Å². The number of furan rings is 1. The van der Waals surface area contributed by atoms with Gasteiger partial charge in [0.25, 0.3) is 5.91 Å². The summed E-state index contributed by atoms with van der Waals surface area (Å²) in [6, 6.07) is 12.1. The summed E-state index contributed by atoms with van der Waals surface area (Å²) >= 11 is 0. The third-order valence-corrected chi connectivity index (χ3v) is 2.90. The molecule has 0 radical (unpaired) electrons. The number of rotatable bonds is 5. The summed E-state index contributed by atoms with van der Waals surface area (Å²) in [7, 11) is 1.54. The highest BCUT2D eigenvalue weighted by atomic mass is 16.3. The van der Waals surface area contributed by atoms with Crippen LogP contribution >= 0.6 is 0 Å². The number of nitrogens with one attached hydrogen (secondary N) is 2. The minimum absolute atomic E-state index is 0.187. The van der Waals surface area contributed by atoms with Crippen LogP contribution in [0.15, 0.2) is 53.1 Å². The highest BCUT2D eigenvalue weighted by molar-refractivity contribution is 5.95. The first-order valence-corrected chi connectivity index (χ1v) is 6.30. The highest BCUT2D eigenvalue weighted by Crippen LogP contribution is 2.06. The van der Waals surface area contributed by atoms with Gasteiger partial charge in [-0.25, -0.2) is 0 Å². The average molecular weight is 272 g/mol. The van der Waals surface area contributed by atoms with Crippen LogP contribution in [0.1, 0.15) is 16.1 Å². The highest BCUT2D eigenvalue weighted by Gasteiger charge is 2.21. The van der Waals surface area contributed by atoms with Crippen LogP contribution in [0.3, 0.4) is 0 Å². The van der Waals surface area contributed by atoms with E-state index in [1.165, 1.54) is 6.26 Å². The standard InChI is InChI=1S/C15H16N2O3/c1-16-14(18)12(10-11-6-3-2-4-7-11)17-15(19)13-8-5-9-20-13/h2-9,12H,10H2,1H3,(H,16,18)(H,17,19). The summed E-state index contributed by atoms with van der Waals surface area (Å²) in [5, 5.41) is 5.23. The van der Waals surface area contributed by atoms with E-state index < -0.39 is 11.9 Å². The summed E-state index contributed by atoms with van der Waals surface area (Å²) in [6.45, 7) is 0. The first-order valence-electron chi connectivity index (χ1n) is 6.30. The lowest BCUT2D eigenvalue weighted by Gasteiger charge is -2.16. The van der Waals surface area contributed by atoms with Crippen molar-refractivity contribution in [1.82, 2.24) is 10.6 Å². The maximum absolute atomic E-state index is 11.9. The van der Waals surface area contributed by atoms with E-state index in [-0.39, 0.29) is 11.7 Å². The van der Waals surface area contributed by atoms with E-state index in [2.05, 4.69) is 10.6 Å². The number of hydrogen-bond donors (Lipinski definition) is 2. The summed E-state index contributed by atoms with van der Waals surface area (Å²) < 4.78 is 5.02. The molecule has 5 heteroatoms. The third-order valence-electron chi connectivity index (χ3n) is 2.90. The average Bonchev–Trinajstić information content (AvgIpc) is 3.01. The molecule has 0 fully saturated rings. The lowest BCUT2D eigenvalue weighted by Crippen LogP contribution is -2.47. The van der Waals surface area contributed by atoms with E-state index in [4.69, 9.17) is 4.42 Å². The molecule has 0 saturated carbocycles. The second-order valence-electron chi connectivity index (χ2n) is 4.31. The Bertz CT molecular complexity index is 564. The molecule has 2 N–H and O–H groups in total. The number of amides is 2. The second-order valence-corrected chi connectivity index (χ2v) is 4.31. The largest absolute Gasteiger partial charge is 0.459 e. The van der Waals surface area contributed by atoms with Gasteiger partial charge in [0.2, 0.25) is 5.91 Å². The summed E-state index contributed by atoms with van der Waals surface area (Å²) in [5.74, 6) is -0.458. The molecule has 20 heavy (non-hydrogen) atoms. The minimum Gasteiger partial charge on any atom is -0.459 e. The SMILES string of the molecule is CNC(=O)C(Cc1ccccc1)NC(=O)c1ccco1. The van der Waals surface area contributed by atoms with Crippen LogP contribution in [0.2, 0.25) is 0 Å². The molecule has 2 aromatic rings. The van der Waals surface area contributed by atoms with E-state index in [1.54, 1.807) is 19.2 Å². The molecule has 0 aliphatic rings. The van der Waals surface area contributed by atoms with Gasteiger partial charge in [0, 0.05) is 13.5 Å². The molecule has 1 atom stereocenters. The molecule has 2 amide bonds. The number of hydrogen-bond acceptors (Lipinski definition) is 3. The number of carbonyl (C=O) groups is 2. The first-order chi connectivity index (χ1) is 9.70. The van der Waals surface area contributed by atoms with E-state index in [9.17, 15) is 9.59 Å². The van der Waals surface area contributed by atoms with Crippen LogP contribution in [-0.2, 0) is 11.2 Å². The van der Waals surface area contributed by atoms with Gasteiger partial charge in [0.15, 0.2) is 5.76 Å². The Morgan fingerprint density at radius 2 is 1.90 bits per heavy atom. The van der Waals surface area contributed by atoms with Gasteiger partial charge in [0.1, 0.15) is 6.04 Å². The van der Waals surface area contributed by atoms with Crippen LogP contribution < -0.4 is 10.6 Å². The van der Waals surface area contributed by atoms with Crippen LogP contribution in [0.4, 0.5) is 0 Å². The van der Waals surface area contributed by atoms with Crippen molar-refractivity contribution in [3.8, 4) is 0 Å². The van der Waals surface area contributed by atoms with Crippen molar-refractivity contribution in [3.63, 3.8) is 0 Å². The van der Waals surface area contributed by atoms with Crippen molar-refractivity contribution in [2.45, 2.75) is 12.5 Å². The van der Waals surface area contributed by atoms with Crippen LogP contribution in [0.25, 0.3) is 0 Å². The van der Waals surface area contributed by atoms with Gasteiger partial charge in [-0.15, -0.1) is 0 Å². The topological polar surface area (TPSA) is 71.3 Å². The van der Waals surface area contributed by atoms with Gasteiger partial charge in [-0.05, 0) is 17.7 Å². The van der Waals surface area contributed by atoms with Gasteiger partial charge in [-0.2, -0.15) is 0 Å². The Labute approximate surface area is 117 Å². The maximum atomic E-state index is 11.9. The summed E-state index contributed by atoms with van der Waals surface area (Å²) in [6.07, 6.45) is 1.84. The molecule has 1 unspecified atom stereocenters. The molecule has 0 aliphatic heterocycles. The number of benzene rings is 1. The molecule has 0 aliphatic carbocycles. The van der Waals surface area contributed by atoms with Gasteiger partial charge >= 0.3 is 0 Å². The van der Waals surface area contributed by atoms with Crippen LogP contribution in [-0.4, -0.2) is 24.9 Å². The summed E-state index contributed by atoms with van der Waals surface area (Å²) in [4.78, 5) is 23.8. The predicted molar refractivity (Wildman–Crippen MR) is 74.2 cm³/mol. The van der Waals surface area contributed by atoms with Gasteiger partial charge in [-0.3, -0.25) is 9.59 Å². The number of carbonyl (C=O) groups excluding carboxylic acids is 2. The molecule has 0 bridgehead atoms. The Morgan fingerprint density at radius 3 is 2.50 bits per heavy atom. The molecule has 5 nitrogen and oxygen atoms in total. The lowest BCUT2D eigenvalue weighted by atomic mass is 10.1. The van der Waals surface area contributed by atoms with Crippen molar-refractivity contribution < 1.29 is 14.0 Å². The predicted octanol–water partition coefficient (Wildman–Crippen LogP) is 1.37.